The first-order valence-electron chi connectivity index (χ1n) is 6.19. The highest BCUT2D eigenvalue weighted by Crippen LogP contribution is 2.28. The topological polar surface area (TPSA) is 77.4 Å². The molecule has 0 spiro atoms. The molecule has 0 aliphatic carbocycles. The van der Waals surface area contributed by atoms with Gasteiger partial charge in [-0.3, -0.25) is 4.90 Å². The molecule has 2 fully saturated rings. The van der Waals surface area contributed by atoms with Crippen molar-refractivity contribution in [1.29, 1.82) is 0 Å². The zero-order valence-electron chi connectivity index (χ0n) is 10.0. The Morgan fingerprint density at radius 1 is 1.53 bits per heavy atom. The largest absolute Gasteiger partial charge is 0.367 e. The third kappa shape index (κ3) is 2.08. The minimum absolute atomic E-state index is 0.0689. The number of nitrogens with two attached hydrogens (primary N) is 1. The maximum Gasteiger partial charge on any atom is 0.243 e. The minimum Gasteiger partial charge on any atom is -0.367 e. The number of rotatable bonds is 2. The summed E-state index contributed by atoms with van der Waals surface area (Å²) in [5.74, 6) is 1.11. The molecule has 1 aromatic rings. The van der Waals surface area contributed by atoms with Gasteiger partial charge in [-0.1, -0.05) is 5.16 Å². The van der Waals surface area contributed by atoms with Gasteiger partial charge in [0.2, 0.25) is 11.7 Å². The van der Waals surface area contributed by atoms with Crippen molar-refractivity contribution in [2.45, 2.75) is 38.0 Å². The maximum absolute atomic E-state index is 5.80. The van der Waals surface area contributed by atoms with E-state index in [1.807, 2.05) is 6.92 Å². The van der Waals surface area contributed by atoms with Gasteiger partial charge in [0.1, 0.15) is 6.10 Å². The summed E-state index contributed by atoms with van der Waals surface area (Å²) < 4.78 is 10.9. The third-order valence-corrected chi connectivity index (χ3v) is 3.52. The van der Waals surface area contributed by atoms with Crippen molar-refractivity contribution in [3.63, 3.8) is 0 Å². The van der Waals surface area contributed by atoms with Gasteiger partial charge in [0.15, 0.2) is 0 Å². The maximum atomic E-state index is 5.80. The second kappa shape index (κ2) is 4.36. The predicted molar refractivity (Wildman–Crippen MR) is 60.2 cm³/mol. The van der Waals surface area contributed by atoms with Crippen LogP contribution >= 0.6 is 0 Å². The van der Waals surface area contributed by atoms with Gasteiger partial charge < -0.3 is 15.0 Å². The lowest BCUT2D eigenvalue weighted by Crippen LogP contribution is -2.42. The van der Waals surface area contributed by atoms with E-state index in [4.69, 9.17) is 15.0 Å². The number of aromatic nitrogens is 2. The molecule has 3 heterocycles. The van der Waals surface area contributed by atoms with Crippen LogP contribution < -0.4 is 5.73 Å². The van der Waals surface area contributed by atoms with Crippen molar-refractivity contribution in [2.24, 2.45) is 5.73 Å². The molecule has 1 aromatic heterocycles. The van der Waals surface area contributed by atoms with Crippen molar-refractivity contribution in [3.8, 4) is 0 Å². The monoisotopic (exact) mass is 238 g/mol. The Bertz CT molecular complexity index is 393. The SMILES string of the molecule is C[C@@H](N)c1nc(C2CN3CCCC3CO2)no1. The first-order valence-corrected chi connectivity index (χ1v) is 6.19. The zero-order valence-corrected chi connectivity index (χ0v) is 10.0. The fraction of sp³-hybridized carbons (Fsp3) is 0.818. The molecule has 3 rings (SSSR count). The number of nitrogens with zero attached hydrogens (tertiary/aromatic N) is 3. The quantitative estimate of drug-likeness (QED) is 0.814. The van der Waals surface area contributed by atoms with Crippen LogP contribution in [0.15, 0.2) is 4.52 Å². The van der Waals surface area contributed by atoms with E-state index in [1.54, 1.807) is 0 Å². The molecule has 3 atom stereocenters. The van der Waals surface area contributed by atoms with Gasteiger partial charge in [0.05, 0.1) is 12.6 Å². The van der Waals surface area contributed by atoms with Crippen LogP contribution in [-0.4, -0.2) is 40.8 Å². The van der Waals surface area contributed by atoms with Crippen LogP contribution in [0.4, 0.5) is 0 Å². The van der Waals surface area contributed by atoms with Gasteiger partial charge in [-0.15, -0.1) is 0 Å². The first-order chi connectivity index (χ1) is 8.24. The van der Waals surface area contributed by atoms with Crippen LogP contribution in [0, 0.1) is 0 Å². The van der Waals surface area contributed by atoms with E-state index in [-0.39, 0.29) is 12.1 Å². The molecule has 2 N–H and O–H groups in total. The smallest absolute Gasteiger partial charge is 0.243 e. The standard InChI is InChI=1S/C11H18N4O2/c1-7(12)11-13-10(14-17-11)9-5-15-4-2-3-8(15)6-16-9/h7-9H,2-6,12H2,1H3/t7-,8?,9?/m1/s1. The minimum atomic E-state index is -0.223. The average molecular weight is 238 g/mol. The van der Waals surface area contributed by atoms with Crippen molar-refractivity contribution < 1.29 is 9.26 Å². The fourth-order valence-corrected chi connectivity index (χ4v) is 2.54. The highest BCUT2D eigenvalue weighted by Gasteiger charge is 2.34. The summed E-state index contributed by atoms with van der Waals surface area (Å²) in [6, 6.07) is 0.366. The summed E-state index contributed by atoms with van der Waals surface area (Å²) in [5.41, 5.74) is 5.69. The summed E-state index contributed by atoms with van der Waals surface area (Å²) in [7, 11) is 0. The van der Waals surface area contributed by atoms with Crippen molar-refractivity contribution >= 4 is 0 Å². The molecular weight excluding hydrogens is 220 g/mol. The molecule has 0 aromatic carbocycles. The molecule has 6 heteroatoms. The van der Waals surface area contributed by atoms with E-state index in [1.165, 1.54) is 12.8 Å². The molecule has 2 aliphatic heterocycles. The van der Waals surface area contributed by atoms with Gasteiger partial charge in [0.25, 0.3) is 0 Å². The predicted octanol–water partition coefficient (Wildman–Crippen LogP) is 0.625. The van der Waals surface area contributed by atoms with Crippen molar-refractivity contribution in [3.05, 3.63) is 11.7 Å². The Kier molecular flexibility index (Phi) is 2.85. The molecular formula is C11H18N4O2. The van der Waals surface area contributed by atoms with E-state index in [2.05, 4.69) is 15.0 Å². The number of ether oxygens (including phenoxy) is 1. The molecule has 6 nitrogen and oxygen atoms in total. The van der Waals surface area contributed by atoms with E-state index in [0.29, 0.717) is 17.8 Å². The molecule has 94 valence electrons. The van der Waals surface area contributed by atoms with Crippen LogP contribution in [-0.2, 0) is 4.74 Å². The van der Waals surface area contributed by atoms with Crippen LogP contribution in [0.2, 0.25) is 0 Å². The summed E-state index contributed by atoms with van der Waals surface area (Å²) in [6.07, 6.45) is 2.43. The molecule has 2 unspecified atom stereocenters. The number of hydrogen-bond acceptors (Lipinski definition) is 6. The van der Waals surface area contributed by atoms with Crippen LogP contribution in [0.3, 0.4) is 0 Å². The average Bonchev–Trinajstić information content (AvgIpc) is 2.97. The fourth-order valence-electron chi connectivity index (χ4n) is 2.54. The van der Waals surface area contributed by atoms with Gasteiger partial charge in [0, 0.05) is 12.6 Å². The van der Waals surface area contributed by atoms with Crippen molar-refractivity contribution in [1.82, 2.24) is 15.0 Å². The highest BCUT2D eigenvalue weighted by molar-refractivity contribution is 4.98. The summed E-state index contributed by atoms with van der Waals surface area (Å²) in [6.45, 7) is 4.62. The Morgan fingerprint density at radius 2 is 2.41 bits per heavy atom. The van der Waals surface area contributed by atoms with E-state index < -0.39 is 0 Å². The van der Waals surface area contributed by atoms with Crippen LogP contribution in [0.5, 0.6) is 0 Å². The van der Waals surface area contributed by atoms with Gasteiger partial charge in [-0.25, -0.2) is 0 Å². The number of morpholine rings is 1. The Hall–Kier alpha value is -0.980. The molecule has 0 saturated carbocycles. The summed E-state index contributed by atoms with van der Waals surface area (Å²) >= 11 is 0. The molecule has 17 heavy (non-hydrogen) atoms. The van der Waals surface area contributed by atoms with Gasteiger partial charge in [-0.2, -0.15) is 4.98 Å². The van der Waals surface area contributed by atoms with Crippen LogP contribution in [0.1, 0.15) is 43.6 Å². The summed E-state index contributed by atoms with van der Waals surface area (Å²) in [5, 5.41) is 3.96. The second-order valence-corrected chi connectivity index (χ2v) is 4.89. The Labute approximate surface area is 100 Å². The number of fused-ring (bicyclic) bond motifs is 1. The summed E-state index contributed by atoms with van der Waals surface area (Å²) in [4.78, 5) is 6.75. The van der Waals surface area contributed by atoms with Crippen molar-refractivity contribution in [2.75, 3.05) is 19.7 Å². The highest BCUT2D eigenvalue weighted by atomic mass is 16.5. The first kappa shape index (κ1) is 11.1. The zero-order chi connectivity index (χ0) is 11.8. The Balaban J connectivity index is 1.71. The van der Waals surface area contributed by atoms with E-state index in [0.717, 1.165) is 19.7 Å². The molecule has 2 aliphatic rings. The second-order valence-electron chi connectivity index (χ2n) is 4.89. The lowest BCUT2D eigenvalue weighted by atomic mass is 10.2. The van der Waals surface area contributed by atoms with Crippen LogP contribution in [0.25, 0.3) is 0 Å². The van der Waals surface area contributed by atoms with E-state index in [9.17, 15) is 0 Å². The number of hydrogen-bond donors (Lipinski definition) is 1. The molecule has 2 saturated heterocycles. The lowest BCUT2D eigenvalue weighted by Gasteiger charge is -2.33. The van der Waals surface area contributed by atoms with E-state index >= 15 is 0 Å². The third-order valence-electron chi connectivity index (χ3n) is 3.52. The normalized spacial score (nSPS) is 31.4. The van der Waals surface area contributed by atoms with Gasteiger partial charge >= 0.3 is 0 Å². The molecule has 0 radical (unpaired) electrons. The molecule has 0 amide bonds. The van der Waals surface area contributed by atoms with Gasteiger partial charge in [-0.05, 0) is 26.3 Å². The Morgan fingerprint density at radius 3 is 3.18 bits per heavy atom. The lowest BCUT2D eigenvalue weighted by molar-refractivity contribution is -0.0548. The molecule has 0 bridgehead atoms.